The average Bonchev–Trinajstić information content (AvgIpc) is 2.39. The van der Waals surface area contributed by atoms with Gasteiger partial charge >= 0.3 is 5.97 Å². The Morgan fingerprint density at radius 2 is 2.10 bits per heavy atom. The molecule has 0 aliphatic carbocycles. The van der Waals surface area contributed by atoms with E-state index in [1.807, 2.05) is 6.92 Å². The summed E-state index contributed by atoms with van der Waals surface area (Å²) in [6.07, 6.45) is -0.0414. The van der Waals surface area contributed by atoms with Crippen LogP contribution in [-0.2, 0) is 17.8 Å². The molecular weight excluding hydrogens is 295 g/mol. The van der Waals surface area contributed by atoms with Crippen LogP contribution in [0.4, 0.5) is 4.39 Å². The molecule has 0 bridgehead atoms. The normalized spacial score (nSPS) is 10.4. The second-order valence-corrected chi connectivity index (χ2v) is 5.07. The second kappa shape index (κ2) is 6.59. The minimum Gasteiger partial charge on any atom is -0.488 e. The van der Waals surface area contributed by atoms with Crippen LogP contribution in [-0.4, -0.2) is 11.1 Å². The lowest BCUT2D eigenvalue weighted by Gasteiger charge is -2.11. The highest BCUT2D eigenvalue weighted by molar-refractivity contribution is 6.31. The van der Waals surface area contributed by atoms with Crippen molar-refractivity contribution in [1.29, 1.82) is 0 Å². The molecule has 21 heavy (non-hydrogen) atoms. The van der Waals surface area contributed by atoms with E-state index in [1.54, 1.807) is 24.3 Å². The molecule has 0 radical (unpaired) electrons. The molecule has 0 fully saturated rings. The Balaban J connectivity index is 2.12. The largest absolute Gasteiger partial charge is 0.488 e. The molecule has 5 heteroatoms. The van der Waals surface area contributed by atoms with Crippen LogP contribution in [0.5, 0.6) is 5.75 Å². The van der Waals surface area contributed by atoms with Crippen molar-refractivity contribution in [3.05, 3.63) is 63.9 Å². The summed E-state index contributed by atoms with van der Waals surface area (Å²) >= 11 is 5.93. The Bertz CT molecular complexity index is 650. The first-order valence-corrected chi connectivity index (χ1v) is 6.72. The number of benzene rings is 2. The van der Waals surface area contributed by atoms with Gasteiger partial charge in [-0.1, -0.05) is 29.8 Å². The van der Waals surface area contributed by atoms with Gasteiger partial charge in [0.15, 0.2) is 0 Å². The van der Waals surface area contributed by atoms with Gasteiger partial charge in [-0.2, -0.15) is 0 Å². The summed E-state index contributed by atoms with van der Waals surface area (Å²) in [7, 11) is 0. The number of carbonyl (C=O) groups is 1. The van der Waals surface area contributed by atoms with Crippen molar-refractivity contribution in [3.8, 4) is 5.75 Å². The van der Waals surface area contributed by atoms with Gasteiger partial charge in [0.2, 0.25) is 0 Å². The molecule has 0 spiro atoms. The number of carboxylic acids is 1. The van der Waals surface area contributed by atoms with Crippen LogP contribution in [0.1, 0.15) is 16.7 Å². The van der Waals surface area contributed by atoms with Gasteiger partial charge < -0.3 is 9.84 Å². The van der Waals surface area contributed by atoms with Gasteiger partial charge in [0.25, 0.3) is 0 Å². The molecule has 0 amide bonds. The fraction of sp³-hybridized carbons (Fsp3) is 0.188. The monoisotopic (exact) mass is 308 g/mol. The Kier molecular flexibility index (Phi) is 4.81. The SMILES string of the molecule is Cc1cc(CC(=O)O)ccc1OCc1c(F)cccc1Cl. The number of halogens is 2. The highest BCUT2D eigenvalue weighted by Crippen LogP contribution is 2.24. The zero-order valence-electron chi connectivity index (χ0n) is 11.4. The summed E-state index contributed by atoms with van der Waals surface area (Å²) in [5, 5.41) is 9.07. The predicted molar refractivity (Wildman–Crippen MR) is 78.3 cm³/mol. The fourth-order valence-corrected chi connectivity index (χ4v) is 2.20. The lowest BCUT2D eigenvalue weighted by atomic mass is 10.1. The minimum absolute atomic E-state index is 0.0185. The summed E-state index contributed by atoms with van der Waals surface area (Å²) in [6.45, 7) is 1.83. The second-order valence-electron chi connectivity index (χ2n) is 4.66. The van der Waals surface area contributed by atoms with E-state index in [2.05, 4.69) is 0 Å². The summed E-state index contributed by atoms with van der Waals surface area (Å²) in [5.74, 6) is -0.729. The molecule has 0 saturated heterocycles. The van der Waals surface area contributed by atoms with Crippen molar-refractivity contribution in [2.24, 2.45) is 0 Å². The van der Waals surface area contributed by atoms with Gasteiger partial charge in [-0.05, 0) is 36.2 Å². The molecule has 2 rings (SSSR count). The molecule has 0 aliphatic heterocycles. The number of aliphatic carboxylic acids is 1. The van der Waals surface area contributed by atoms with Crippen LogP contribution in [0.3, 0.4) is 0 Å². The Morgan fingerprint density at radius 1 is 1.33 bits per heavy atom. The van der Waals surface area contributed by atoms with E-state index < -0.39 is 11.8 Å². The van der Waals surface area contributed by atoms with Crippen molar-refractivity contribution in [2.75, 3.05) is 0 Å². The van der Waals surface area contributed by atoms with Crippen LogP contribution in [0.15, 0.2) is 36.4 Å². The van der Waals surface area contributed by atoms with Gasteiger partial charge in [0.1, 0.15) is 18.2 Å². The molecule has 0 unspecified atom stereocenters. The van der Waals surface area contributed by atoms with Crippen LogP contribution in [0, 0.1) is 12.7 Å². The number of ether oxygens (including phenoxy) is 1. The van der Waals surface area contributed by atoms with Gasteiger partial charge in [0.05, 0.1) is 11.4 Å². The Hall–Kier alpha value is -2.07. The molecule has 0 aromatic heterocycles. The fourth-order valence-electron chi connectivity index (χ4n) is 1.98. The number of rotatable bonds is 5. The van der Waals surface area contributed by atoms with Crippen LogP contribution in [0.2, 0.25) is 5.02 Å². The number of hydrogen-bond acceptors (Lipinski definition) is 2. The first-order valence-electron chi connectivity index (χ1n) is 6.34. The molecule has 0 saturated carbocycles. The first kappa shape index (κ1) is 15.3. The third-order valence-electron chi connectivity index (χ3n) is 3.03. The van der Waals surface area contributed by atoms with E-state index in [0.29, 0.717) is 21.9 Å². The van der Waals surface area contributed by atoms with Crippen molar-refractivity contribution >= 4 is 17.6 Å². The summed E-state index contributed by atoms with van der Waals surface area (Å²) in [5.41, 5.74) is 1.78. The average molecular weight is 309 g/mol. The molecule has 110 valence electrons. The van der Waals surface area contributed by atoms with Gasteiger partial charge in [0, 0.05) is 5.56 Å². The van der Waals surface area contributed by atoms with Crippen molar-refractivity contribution < 1.29 is 19.0 Å². The van der Waals surface area contributed by atoms with Crippen molar-refractivity contribution in [3.63, 3.8) is 0 Å². The minimum atomic E-state index is -0.888. The molecule has 0 heterocycles. The van der Waals surface area contributed by atoms with E-state index in [-0.39, 0.29) is 13.0 Å². The van der Waals surface area contributed by atoms with E-state index in [4.69, 9.17) is 21.4 Å². The molecule has 0 atom stereocenters. The smallest absolute Gasteiger partial charge is 0.307 e. The maximum atomic E-state index is 13.6. The highest BCUT2D eigenvalue weighted by Gasteiger charge is 2.09. The van der Waals surface area contributed by atoms with Crippen LogP contribution >= 0.6 is 11.6 Å². The third-order valence-corrected chi connectivity index (χ3v) is 3.38. The number of carboxylic acid groups (broad SMARTS) is 1. The maximum absolute atomic E-state index is 13.6. The number of hydrogen-bond donors (Lipinski definition) is 1. The van der Waals surface area contributed by atoms with Gasteiger partial charge in [-0.25, -0.2) is 4.39 Å². The van der Waals surface area contributed by atoms with Gasteiger partial charge in [-0.3, -0.25) is 4.79 Å². The third kappa shape index (κ3) is 3.95. The lowest BCUT2D eigenvalue weighted by molar-refractivity contribution is -0.136. The molecular formula is C16H14ClFO3. The summed E-state index contributed by atoms with van der Waals surface area (Å²) in [6, 6.07) is 9.57. The van der Waals surface area contributed by atoms with E-state index >= 15 is 0 Å². The topological polar surface area (TPSA) is 46.5 Å². The standard InChI is InChI=1S/C16H14ClFO3/c1-10-7-11(8-16(19)20)5-6-15(10)21-9-12-13(17)3-2-4-14(12)18/h2-7H,8-9H2,1H3,(H,19,20). The Labute approximate surface area is 126 Å². The summed E-state index contributed by atoms with van der Waals surface area (Å²) < 4.78 is 19.2. The van der Waals surface area contributed by atoms with E-state index in [9.17, 15) is 9.18 Å². The molecule has 2 aromatic carbocycles. The zero-order valence-corrected chi connectivity index (χ0v) is 12.2. The molecule has 2 aromatic rings. The first-order chi connectivity index (χ1) is 9.97. The summed E-state index contributed by atoms with van der Waals surface area (Å²) in [4.78, 5) is 10.7. The maximum Gasteiger partial charge on any atom is 0.307 e. The predicted octanol–water partition coefficient (Wildman–Crippen LogP) is 3.99. The highest BCUT2D eigenvalue weighted by atomic mass is 35.5. The van der Waals surface area contributed by atoms with E-state index in [1.165, 1.54) is 12.1 Å². The van der Waals surface area contributed by atoms with Crippen molar-refractivity contribution in [1.82, 2.24) is 0 Å². The zero-order chi connectivity index (χ0) is 15.4. The van der Waals surface area contributed by atoms with E-state index in [0.717, 1.165) is 5.56 Å². The van der Waals surface area contributed by atoms with Gasteiger partial charge in [-0.15, -0.1) is 0 Å². The van der Waals surface area contributed by atoms with Crippen LogP contribution in [0.25, 0.3) is 0 Å². The lowest BCUT2D eigenvalue weighted by Crippen LogP contribution is -2.03. The Morgan fingerprint density at radius 3 is 2.71 bits per heavy atom. The van der Waals surface area contributed by atoms with Crippen LogP contribution < -0.4 is 4.74 Å². The molecule has 0 aliphatic rings. The quantitative estimate of drug-likeness (QED) is 0.908. The number of aryl methyl sites for hydroxylation is 1. The molecule has 1 N–H and O–H groups in total. The molecule has 3 nitrogen and oxygen atoms in total. The van der Waals surface area contributed by atoms with Crippen molar-refractivity contribution in [2.45, 2.75) is 20.0 Å².